The fourth-order valence-electron chi connectivity index (χ4n) is 0.776. The summed E-state index contributed by atoms with van der Waals surface area (Å²) in [4.78, 5) is 0. The first-order chi connectivity index (χ1) is 5.64. The smallest absolute Gasteiger partial charge is 0.180 e. The molecule has 0 bridgehead atoms. The molecule has 1 rings (SSSR count). The molecule has 0 aliphatic rings. The molecule has 0 spiro atoms. The summed E-state index contributed by atoms with van der Waals surface area (Å²) in [5.74, 6) is 0. The summed E-state index contributed by atoms with van der Waals surface area (Å²) in [6, 6.07) is 7.28. The fourth-order valence-corrected chi connectivity index (χ4v) is 1.42. The zero-order chi connectivity index (χ0) is 9.03. The zero-order valence-corrected chi connectivity index (χ0v) is 7.13. The van der Waals surface area contributed by atoms with Gasteiger partial charge in [-0.05, 0) is 5.56 Å². The Morgan fingerprint density at radius 3 is 2.50 bits per heavy atom. The summed E-state index contributed by atoms with van der Waals surface area (Å²) in [5.41, 5.74) is 0.558. The van der Waals surface area contributed by atoms with Crippen molar-refractivity contribution in [1.29, 1.82) is 0 Å². The van der Waals surface area contributed by atoms with Crippen LogP contribution in [0.5, 0.6) is 0 Å². The summed E-state index contributed by atoms with van der Waals surface area (Å²) in [6.07, 6.45) is 0. The minimum absolute atomic E-state index is 0.558. The van der Waals surface area contributed by atoms with E-state index < -0.39 is 15.8 Å². The van der Waals surface area contributed by atoms with Crippen molar-refractivity contribution in [2.24, 2.45) is 0 Å². The van der Waals surface area contributed by atoms with Crippen LogP contribution in [-0.2, 0) is 9.80 Å². The lowest BCUT2D eigenvalue weighted by molar-refractivity contribution is 0.508. The molecule has 0 saturated heterocycles. The Bertz CT molecular complexity index is 353. The maximum atomic E-state index is 11.9. The lowest BCUT2D eigenvalue weighted by Gasteiger charge is -1.96. The minimum Gasteiger partial charge on any atom is -0.311 e. The van der Waals surface area contributed by atoms with Gasteiger partial charge < -0.3 is 4.55 Å². The second-order valence-electron chi connectivity index (χ2n) is 2.33. The average Bonchev–Trinajstić information content (AvgIpc) is 2.06. The molecule has 0 aliphatic carbocycles. The summed E-state index contributed by atoms with van der Waals surface area (Å²) < 4.78 is 31.6. The van der Waals surface area contributed by atoms with Gasteiger partial charge in [0.15, 0.2) is 6.01 Å². The average molecular weight is 188 g/mol. The van der Waals surface area contributed by atoms with Crippen LogP contribution in [0.4, 0.5) is 4.39 Å². The molecule has 1 aromatic carbocycles. The molecule has 1 N–H and O–H groups in total. The highest BCUT2D eigenvalue weighted by Crippen LogP contribution is 1.97. The molecule has 12 heavy (non-hydrogen) atoms. The van der Waals surface area contributed by atoms with Crippen molar-refractivity contribution in [3.05, 3.63) is 35.9 Å². The molecule has 0 saturated carbocycles. The van der Waals surface area contributed by atoms with E-state index in [1.165, 1.54) is 0 Å². The Hall–Kier alpha value is -0.870. The van der Waals surface area contributed by atoms with Crippen molar-refractivity contribution >= 4 is 15.2 Å². The second-order valence-corrected chi connectivity index (χ2v) is 4.16. The largest absolute Gasteiger partial charge is 0.311 e. The van der Waals surface area contributed by atoms with Crippen molar-refractivity contribution in [2.45, 2.75) is 0 Å². The Balaban J connectivity index is 3.04. The van der Waals surface area contributed by atoms with Crippen molar-refractivity contribution < 1.29 is 13.2 Å². The van der Waals surface area contributed by atoms with Crippen LogP contribution in [0.2, 0.25) is 0 Å². The van der Waals surface area contributed by atoms with Crippen molar-refractivity contribution in [3.63, 3.8) is 0 Å². The number of benzene rings is 1. The van der Waals surface area contributed by atoms with Gasteiger partial charge in [0.05, 0.1) is 0 Å². The number of rotatable bonds is 2. The van der Waals surface area contributed by atoms with E-state index in [0.29, 0.717) is 5.56 Å². The molecular weight excluding hydrogens is 179 g/mol. The monoisotopic (exact) mass is 188 g/mol. The Morgan fingerprint density at radius 1 is 1.42 bits per heavy atom. The van der Waals surface area contributed by atoms with Gasteiger partial charge in [0.1, 0.15) is 9.80 Å². The molecule has 2 nitrogen and oxygen atoms in total. The van der Waals surface area contributed by atoms with Crippen LogP contribution in [0.15, 0.2) is 30.3 Å². The molecule has 0 aliphatic heterocycles. The van der Waals surface area contributed by atoms with Gasteiger partial charge in [-0.1, -0.05) is 30.3 Å². The van der Waals surface area contributed by atoms with Gasteiger partial charge in [0.25, 0.3) is 0 Å². The van der Waals surface area contributed by atoms with Crippen LogP contribution < -0.4 is 0 Å². The molecule has 0 heterocycles. The number of alkyl halides is 1. The minimum atomic E-state index is -3.41. The van der Waals surface area contributed by atoms with Crippen LogP contribution >= 0.6 is 0 Å². The summed E-state index contributed by atoms with van der Waals surface area (Å²) in [7, 11) is -3.41. The maximum Gasteiger partial charge on any atom is 0.180 e. The van der Waals surface area contributed by atoms with E-state index in [0.717, 1.165) is 5.37 Å². The normalized spacial score (nSPS) is 15.2. The van der Waals surface area contributed by atoms with Crippen LogP contribution in [0.3, 0.4) is 0 Å². The Morgan fingerprint density at radius 2 is 2.00 bits per heavy atom. The first kappa shape index (κ1) is 9.22. The highest BCUT2D eigenvalue weighted by atomic mass is 32.2. The van der Waals surface area contributed by atoms with Crippen molar-refractivity contribution in [1.82, 2.24) is 0 Å². The standard InChI is InChI=1S/C8H9FO2S/c9-7-12(10,11)6-8-4-2-1-3-5-8/h1-6H,7H2,(H,10,11). The number of halogens is 1. The topological polar surface area (TPSA) is 37.3 Å². The third-order valence-electron chi connectivity index (χ3n) is 1.28. The fraction of sp³-hybridized carbons (Fsp3) is 0.125. The third-order valence-corrected chi connectivity index (χ3v) is 2.23. The lowest BCUT2D eigenvalue weighted by Crippen LogP contribution is -2.04. The molecule has 0 radical (unpaired) electrons. The van der Waals surface area contributed by atoms with E-state index >= 15 is 0 Å². The van der Waals surface area contributed by atoms with Gasteiger partial charge in [-0.25, -0.2) is 8.60 Å². The van der Waals surface area contributed by atoms with Gasteiger partial charge in [-0.2, -0.15) is 0 Å². The molecule has 1 aromatic rings. The van der Waals surface area contributed by atoms with Gasteiger partial charge in [-0.3, -0.25) is 0 Å². The molecule has 4 heteroatoms. The third kappa shape index (κ3) is 2.64. The van der Waals surface area contributed by atoms with E-state index in [4.69, 9.17) is 4.55 Å². The first-order valence-corrected chi connectivity index (χ1v) is 5.09. The highest BCUT2D eigenvalue weighted by Gasteiger charge is 1.99. The summed E-state index contributed by atoms with van der Waals surface area (Å²) >= 11 is 0. The molecule has 0 aromatic heterocycles. The summed E-state index contributed by atoms with van der Waals surface area (Å²) in [6.45, 7) is 0. The molecule has 66 valence electrons. The van der Waals surface area contributed by atoms with Gasteiger partial charge in [0.2, 0.25) is 0 Å². The zero-order valence-electron chi connectivity index (χ0n) is 6.31. The first-order valence-electron chi connectivity index (χ1n) is 3.34. The SMILES string of the molecule is O=S(O)(=Cc1ccccc1)CF. The van der Waals surface area contributed by atoms with E-state index in [2.05, 4.69) is 0 Å². The maximum absolute atomic E-state index is 11.9. The molecule has 1 atom stereocenters. The predicted molar refractivity (Wildman–Crippen MR) is 48.4 cm³/mol. The number of hydrogen-bond acceptors (Lipinski definition) is 1. The van der Waals surface area contributed by atoms with Crippen molar-refractivity contribution in [3.8, 4) is 0 Å². The van der Waals surface area contributed by atoms with Crippen molar-refractivity contribution in [2.75, 3.05) is 6.01 Å². The van der Waals surface area contributed by atoms with E-state index in [1.54, 1.807) is 30.3 Å². The second kappa shape index (κ2) is 3.69. The summed E-state index contributed by atoms with van der Waals surface area (Å²) in [5, 5.41) is 1.03. The molecule has 0 fully saturated rings. The van der Waals surface area contributed by atoms with Gasteiger partial charge in [-0.15, -0.1) is 0 Å². The lowest BCUT2D eigenvalue weighted by atomic mass is 10.2. The van der Waals surface area contributed by atoms with E-state index in [9.17, 15) is 8.60 Å². The van der Waals surface area contributed by atoms with Gasteiger partial charge >= 0.3 is 0 Å². The quantitative estimate of drug-likeness (QED) is 0.714. The van der Waals surface area contributed by atoms with Gasteiger partial charge in [0, 0.05) is 5.37 Å². The molecular formula is C8H9FO2S. The van der Waals surface area contributed by atoms with Crippen LogP contribution in [0.25, 0.3) is 0 Å². The van der Waals surface area contributed by atoms with Crippen LogP contribution in [-0.4, -0.2) is 20.1 Å². The predicted octanol–water partition coefficient (Wildman–Crippen LogP) is 1.52. The van der Waals surface area contributed by atoms with Crippen LogP contribution in [0, 0.1) is 0 Å². The Kier molecular flexibility index (Phi) is 2.83. The number of hydrogen-bond donors (Lipinski definition) is 1. The highest BCUT2D eigenvalue weighted by molar-refractivity contribution is 7.96. The molecule has 1 unspecified atom stereocenters. The van der Waals surface area contributed by atoms with Crippen LogP contribution in [0.1, 0.15) is 5.56 Å². The van der Waals surface area contributed by atoms with E-state index in [1.807, 2.05) is 0 Å². The Labute approximate surface area is 70.9 Å². The van der Waals surface area contributed by atoms with E-state index in [-0.39, 0.29) is 0 Å². The molecule has 0 amide bonds.